The predicted molar refractivity (Wildman–Crippen MR) is 79.0 cm³/mol. The van der Waals surface area contributed by atoms with Crippen molar-refractivity contribution in [3.63, 3.8) is 0 Å². The number of nitrogens with one attached hydrogen (secondary N) is 2. The van der Waals surface area contributed by atoms with Crippen LogP contribution < -0.4 is 10.9 Å². The van der Waals surface area contributed by atoms with Gasteiger partial charge in [0.2, 0.25) is 5.56 Å². The van der Waals surface area contributed by atoms with Gasteiger partial charge in [0.05, 0.1) is 11.7 Å². The van der Waals surface area contributed by atoms with E-state index in [-0.39, 0.29) is 23.2 Å². The molecule has 1 aliphatic rings. The Kier molecular flexibility index (Phi) is 3.56. The molecule has 0 unspecified atom stereocenters. The number of aromatic nitrogens is 2. The van der Waals surface area contributed by atoms with Crippen molar-refractivity contribution < 1.29 is 4.79 Å². The van der Waals surface area contributed by atoms with E-state index in [1.54, 1.807) is 18.3 Å². The number of pyridine rings is 2. The molecule has 1 amide bonds. The number of carbonyl (C=O) groups is 1. The van der Waals surface area contributed by atoms with E-state index < -0.39 is 0 Å². The molecule has 0 spiro atoms. The fourth-order valence-electron chi connectivity index (χ4n) is 2.46. The predicted octanol–water partition coefficient (Wildman–Crippen LogP) is 1.96. The molecule has 0 aliphatic heterocycles. The molecule has 1 saturated carbocycles. The zero-order valence-corrected chi connectivity index (χ0v) is 11.8. The summed E-state index contributed by atoms with van der Waals surface area (Å²) in [5, 5.41) is 3.01. The molecule has 21 heavy (non-hydrogen) atoms. The Morgan fingerprint density at radius 2 is 2.14 bits per heavy atom. The highest BCUT2D eigenvalue weighted by Crippen LogP contribution is 2.41. The van der Waals surface area contributed by atoms with Crippen LogP contribution in [0.5, 0.6) is 0 Å². The Morgan fingerprint density at radius 1 is 1.33 bits per heavy atom. The normalized spacial score (nSPS) is 15.5. The number of aromatic amines is 1. The highest BCUT2D eigenvalue weighted by molar-refractivity contribution is 5.92. The van der Waals surface area contributed by atoms with Crippen molar-refractivity contribution >= 4 is 5.91 Å². The Balaban J connectivity index is 1.85. The Labute approximate surface area is 122 Å². The number of nitrogens with zero attached hydrogens (tertiary/aromatic N) is 1. The van der Waals surface area contributed by atoms with Gasteiger partial charge in [-0.3, -0.25) is 14.6 Å². The van der Waals surface area contributed by atoms with Crippen LogP contribution in [0.2, 0.25) is 0 Å². The van der Waals surface area contributed by atoms with E-state index in [0.29, 0.717) is 5.92 Å². The van der Waals surface area contributed by atoms with E-state index in [9.17, 15) is 9.59 Å². The first kappa shape index (κ1) is 13.5. The number of rotatable bonds is 4. The van der Waals surface area contributed by atoms with Gasteiger partial charge in [-0.15, -0.1) is 0 Å². The fraction of sp³-hybridized carbons (Fsp3) is 0.312. The van der Waals surface area contributed by atoms with Crippen LogP contribution in [0.3, 0.4) is 0 Å². The first-order valence-corrected chi connectivity index (χ1v) is 7.07. The summed E-state index contributed by atoms with van der Waals surface area (Å²) in [6, 6.07) is 8.35. The van der Waals surface area contributed by atoms with E-state index in [0.717, 1.165) is 24.1 Å². The van der Waals surface area contributed by atoms with Crippen LogP contribution >= 0.6 is 0 Å². The molecule has 108 valence electrons. The quantitative estimate of drug-likeness (QED) is 0.900. The first-order chi connectivity index (χ1) is 10.1. The summed E-state index contributed by atoms with van der Waals surface area (Å²) in [5.41, 5.74) is 1.98. The lowest BCUT2D eigenvalue weighted by Gasteiger charge is -2.19. The van der Waals surface area contributed by atoms with Gasteiger partial charge in [-0.05, 0) is 43.4 Å². The average molecular weight is 283 g/mol. The van der Waals surface area contributed by atoms with Gasteiger partial charge in [-0.1, -0.05) is 12.1 Å². The summed E-state index contributed by atoms with van der Waals surface area (Å²) in [6.45, 7) is 1.99. The van der Waals surface area contributed by atoms with Gasteiger partial charge in [0.15, 0.2) is 0 Å². The SMILES string of the molecule is Cc1cccnc1[C@H](NC(=O)c1cccc(=O)[nH]1)C1CC1. The van der Waals surface area contributed by atoms with Crippen LogP contribution in [0.25, 0.3) is 0 Å². The smallest absolute Gasteiger partial charge is 0.268 e. The maximum absolute atomic E-state index is 12.3. The highest BCUT2D eigenvalue weighted by atomic mass is 16.2. The van der Waals surface area contributed by atoms with Gasteiger partial charge in [0, 0.05) is 12.3 Å². The summed E-state index contributed by atoms with van der Waals surface area (Å²) < 4.78 is 0. The standard InChI is InChI=1S/C16H17N3O2/c1-10-4-3-9-17-14(10)15(11-7-8-11)19-16(21)12-5-2-6-13(20)18-12/h2-6,9,11,15H,7-8H2,1H3,(H,18,20)(H,19,21)/t15-/m1/s1. The summed E-state index contributed by atoms with van der Waals surface area (Å²) >= 11 is 0. The van der Waals surface area contributed by atoms with Crippen LogP contribution in [0.15, 0.2) is 41.3 Å². The molecule has 0 bridgehead atoms. The summed E-state index contributed by atoms with van der Waals surface area (Å²) in [6.07, 6.45) is 3.92. The maximum Gasteiger partial charge on any atom is 0.268 e. The molecule has 1 aliphatic carbocycles. The number of amides is 1. The molecule has 3 rings (SSSR count). The zero-order chi connectivity index (χ0) is 14.8. The average Bonchev–Trinajstić information content (AvgIpc) is 3.30. The van der Waals surface area contributed by atoms with Crippen molar-refractivity contribution in [2.75, 3.05) is 0 Å². The molecule has 0 aromatic carbocycles. The summed E-state index contributed by atoms with van der Waals surface area (Å²) in [7, 11) is 0. The molecule has 1 atom stereocenters. The minimum absolute atomic E-state index is 0.0950. The number of aryl methyl sites for hydroxylation is 1. The minimum atomic E-state index is -0.278. The lowest BCUT2D eigenvalue weighted by molar-refractivity contribution is 0.0925. The van der Waals surface area contributed by atoms with Crippen molar-refractivity contribution in [2.24, 2.45) is 5.92 Å². The van der Waals surface area contributed by atoms with E-state index in [1.807, 2.05) is 19.1 Å². The van der Waals surface area contributed by atoms with Crippen molar-refractivity contribution in [3.8, 4) is 0 Å². The van der Waals surface area contributed by atoms with Crippen molar-refractivity contribution in [1.82, 2.24) is 15.3 Å². The van der Waals surface area contributed by atoms with Crippen LogP contribution in [0, 0.1) is 12.8 Å². The van der Waals surface area contributed by atoms with Crippen LogP contribution in [-0.4, -0.2) is 15.9 Å². The second-order valence-corrected chi connectivity index (χ2v) is 5.42. The number of hydrogen-bond acceptors (Lipinski definition) is 3. The Bertz CT molecular complexity index is 719. The summed E-state index contributed by atoms with van der Waals surface area (Å²) in [5.74, 6) is 0.160. The van der Waals surface area contributed by atoms with Gasteiger partial charge < -0.3 is 10.3 Å². The molecule has 2 N–H and O–H groups in total. The van der Waals surface area contributed by atoms with Gasteiger partial charge in [0.25, 0.3) is 5.91 Å². The summed E-state index contributed by atoms with van der Waals surface area (Å²) in [4.78, 5) is 30.6. The maximum atomic E-state index is 12.3. The topological polar surface area (TPSA) is 74.8 Å². The molecule has 2 heterocycles. The van der Waals surface area contributed by atoms with Crippen LogP contribution in [-0.2, 0) is 0 Å². The molecule has 5 heteroatoms. The number of H-pyrrole nitrogens is 1. The molecule has 0 radical (unpaired) electrons. The molecule has 0 saturated heterocycles. The third-order valence-electron chi connectivity index (χ3n) is 3.74. The van der Waals surface area contributed by atoms with E-state index in [1.165, 1.54) is 6.07 Å². The van der Waals surface area contributed by atoms with Crippen molar-refractivity contribution in [3.05, 3.63) is 63.8 Å². The third kappa shape index (κ3) is 3.02. The zero-order valence-electron chi connectivity index (χ0n) is 11.8. The van der Waals surface area contributed by atoms with Gasteiger partial charge in [-0.25, -0.2) is 0 Å². The minimum Gasteiger partial charge on any atom is -0.342 e. The van der Waals surface area contributed by atoms with E-state index in [4.69, 9.17) is 0 Å². The second kappa shape index (κ2) is 5.52. The molecular weight excluding hydrogens is 266 g/mol. The lowest BCUT2D eigenvalue weighted by atomic mass is 10.0. The number of hydrogen-bond donors (Lipinski definition) is 2. The van der Waals surface area contributed by atoms with Crippen LogP contribution in [0.4, 0.5) is 0 Å². The number of carbonyl (C=O) groups excluding carboxylic acids is 1. The Morgan fingerprint density at radius 3 is 2.81 bits per heavy atom. The lowest BCUT2D eigenvalue weighted by Crippen LogP contribution is -2.32. The van der Waals surface area contributed by atoms with Crippen molar-refractivity contribution in [1.29, 1.82) is 0 Å². The van der Waals surface area contributed by atoms with Gasteiger partial charge >= 0.3 is 0 Å². The van der Waals surface area contributed by atoms with Gasteiger partial charge in [0.1, 0.15) is 5.69 Å². The first-order valence-electron chi connectivity index (χ1n) is 7.07. The van der Waals surface area contributed by atoms with E-state index in [2.05, 4.69) is 15.3 Å². The monoisotopic (exact) mass is 283 g/mol. The largest absolute Gasteiger partial charge is 0.342 e. The fourth-order valence-corrected chi connectivity index (χ4v) is 2.46. The highest BCUT2D eigenvalue weighted by Gasteiger charge is 2.35. The molecule has 5 nitrogen and oxygen atoms in total. The van der Waals surface area contributed by atoms with Crippen molar-refractivity contribution in [2.45, 2.75) is 25.8 Å². The van der Waals surface area contributed by atoms with E-state index >= 15 is 0 Å². The van der Waals surface area contributed by atoms with Gasteiger partial charge in [-0.2, -0.15) is 0 Å². The molecular formula is C16H17N3O2. The van der Waals surface area contributed by atoms with Crippen LogP contribution in [0.1, 0.15) is 40.6 Å². The molecule has 1 fully saturated rings. The second-order valence-electron chi connectivity index (χ2n) is 5.42. The third-order valence-corrected chi connectivity index (χ3v) is 3.74. The molecule has 2 aromatic rings. The Hall–Kier alpha value is -2.43. The molecule has 2 aromatic heterocycles.